The zero-order valence-corrected chi connectivity index (χ0v) is 11.4. The van der Waals surface area contributed by atoms with Gasteiger partial charge in [0, 0.05) is 11.6 Å². The Morgan fingerprint density at radius 3 is 3.00 bits per heavy atom. The lowest BCUT2D eigenvalue weighted by atomic mass is 10.2. The second-order valence-corrected chi connectivity index (χ2v) is 4.62. The minimum absolute atomic E-state index is 0.744. The lowest BCUT2D eigenvalue weighted by Gasteiger charge is -2.05. The molecular weight excluding hydrogens is 248 g/mol. The zero-order valence-electron chi connectivity index (χ0n) is 10.7. The lowest BCUT2D eigenvalue weighted by molar-refractivity contribution is 0.662. The van der Waals surface area contributed by atoms with E-state index in [4.69, 9.17) is 11.6 Å². The number of nitrogens with zero attached hydrogens (tertiary/aromatic N) is 3. The summed E-state index contributed by atoms with van der Waals surface area (Å²) < 4.78 is 1.77. The van der Waals surface area contributed by atoms with E-state index < -0.39 is 0 Å². The van der Waals surface area contributed by atoms with E-state index in [2.05, 4.69) is 22.6 Å². The summed E-state index contributed by atoms with van der Waals surface area (Å²) in [6.07, 6.45) is 3.04. The first-order valence-electron chi connectivity index (χ1n) is 6.09. The Kier molecular flexibility index (Phi) is 4.33. The van der Waals surface area contributed by atoms with Gasteiger partial charge in [0.1, 0.15) is 0 Å². The van der Waals surface area contributed by atoms with E-state index in [-0.39, 0.29) is 0 Å². The molecule has 0 aliphatic rings. The Morgan fingerprint density at radius 1 is 1.39 bits per heavy atom. The van der Waals surface area contributed by atoms with Crippen LogP contribution >= 0.6 is 11.6 Å². The molecule has 4 nitrogen and oxygen atoms in total. The van der Waals surface area contributed by atoms with Crippen LogP contribution in [0.1, 0.15) is 24.6 Å². The van der Waals surface area contributed by atoms with E-state index in [1.165, 1.54) is 0 Å². The smallest absolute Gasteiger partial charge is 0.0969 e. The molecule has 96 valence electrons. The fraction of sp³-hybridized carbons (Fsp3) is 0.385. The normalized spacial score (nSPS) is 10.8. The number of hydrogen-bond donors (Lipinski definition) is 1. The summed E-state index contributed by atoms with van der Waals surface area (Å²) in [4.78, 5) is 0. The molecule has 0 atom stereocenters. The van der Waals surface area contributed by atoms with Gasteiger partial charge in [-0.25, -0.2) is 4.68 Å². The molecule has 0 fully saturated rings. The highest BCUT2D eigenvalue weighted by atomic mass is 35.5. The third-order valence-corrected chi connectivity index (χ3v) is 3.17. The van der Waals surface area contributed by atoms with Crippen molar-refractivity contribution in [1.29, 1.82) is 0 Å². The molecule has 0 aliphatic carbocycles. The molecule has 0 unspecified atom stereocenters. The summed E-state index contributed by atoms with van der Waals surface area (Å²) in [6.45, 7) is 5.85. The molecule has 0 bridgehead atoms. The molecule has 2 rings (SSSR count). The van der Waals surface area contributed by atoms with Gasteiger partial charge in [-0.1, -0.05) is 29.8 Å². The molecule has 5 heteroatoms. The molecule has 0 saturated carbocycles. The molecule has 1 aromatic heterocycles. The first kappa shape index (κ1) is 13.1. The second kappa shape index (κ2) is 5.98. The van der Waals surface area contributed by atoms with Gasteiger partial charge in [0.2, 0.25) is 0 Å². The van der Waals surface area contributed by atoms with E-state index in [1.807, 2.05) is 31.3 Å². The quantitative estimate of drug-likeness (QED) is 0.845. The van der Waals surface area contributed by atoms with Crippen LogP contribution in [-0.2, 0) is 6.54 Å². The van der Waals surface area contributed by atoms with Gasteiger partial charge in [0.05, 0.1) is 17.6 Å². The number of hydrogen-bond acceptors (Lipinski definition) is 3. The Morgan fingerprint density at radius 2 is 2.22 bits per heavy atom. The first-order valence-corrected chi connectivity index (χ1v) is 6.47. The molecule has 1 aromatic carbocycles. The van der Waals surface area contributed by atoms with Crippen LogP contribution in [0.25, 0.3) is 5.69 Å². The van der Waals surface area contributed by atoms with Crippen LogP contribution in [0, 0.1) is 6.92 Å². The van der Waals surface area contributed by atoms with E-state index in [0.29, 0.717) is 0 Å². The summed E-state index contributed by atoms with van der Waals surface area (Å²) in [5.41, 5.74) is 2.91. The van der Waals surface area contributed by atoms with Crippen LogP contribution < -0.4 is 5.32 Å². The Bertz CT molecular complexity index is 521. The predicted molar refractivity (Wildman–Crippen MR) is 73.1 cm³/mol. The second-order valence-electron chi connectivity index (χ2n) is 4.22. The SMILES string of the molecule is CCCNCc1cn(-c2cccc(Cl)c2C)nn1. The maximum Gasteiger partial charge on any atom is 0.0969 e. The summed E-state index contributed by atoms with van der Waals surface area (Å²) in [6, 6.07) is 5.78. The van der Waals surface area contributed by atoms with Gasteiger partial charge >= 0.3 is 0 Å². The molecule has 2 aromatic rings. The molecule has 0 aliphatic heterocycles. The van der Waals surface area contributed by atoms with Gasteiger partial charge in [0.25, 0.3) is 0 Å². The van der Waals surface area contributed by atoms with Crippen LogP contribution in [0.3, 0.4) is 0 Å². The molecule has 1 heterocycles. The van der Waals surface area contributed by atoms with Crippen molar-refractivity contribution in [2.75, 3.05) is 6.54 Å². The average Bonchev–Trinajstić information content (AvgIpc) is 2.82. The van der Waals surface area contributed by atoms with Crippen molar-refractivity contribution in [3.05, 3.63) is 40.7 Å². The monoisotopic (exact) mass is 264 g/mol. The molecule has 0 radical (unpaired) electrons. The molecule has 0 spiro atoms. The van der Waals surface area contributed by atoms with Gasteiger partial charge < -0.3 is 5.32 Å². The standard InChI is InChI=1S/C13H17ClN4/c1-3-7-15-8-11-9-18(17-16-11)13-6-4-5-12(14)10(13)2/h4-6,9,15H,3,7-8H2,1-2H3. The average molecular weight is 265 g/mol. The van der Waals surface area contributed by atoms with Gasteiger partial charge in [0.15, 0.2) is 0 Å². The van der Waals surface area contributed by atoms with E-state index in [1.54, 1.807) is 4.68 Å². The molecule has 0 saturated heterocycles. The van der Waals surface area contributed by atoms with Gasteiger partial charge in [-0.15, -0.1) is 5.10 Å². The third-order valence-electron chi connectivity index (χ3n) is 2.76. The van der Waals surface area contributed by atoms with Crippen molar-refractivity contribution < 1.29 is 0 Å². The largest absolute Gasteiger partial charge is 0.311 e. The van der Waals surface area contributed by atoms with Crippen molar-refractivity contribution in [2.24, 2.45) is 0 Å². The minimum Gasteiger partial charge on any atom is -0.311 e. The highest BCUT2D eigenvalue weighted by Crippen LogP contribution is 2.21. The number of benzene rings is 1. The van der Waals surface area contributed by atoms with Crippen molar-refractivity contribution >= 4 is 11.6 Å². The predicted octanol–water partition coefficient (Wildman–Crippen LogP) is 2.73. The third kappa shape index (κ3) is 2.89. The van der Waals surface area contributed by atoms with E-state index in [0.717, 1.165) is 41.5 Å². The summed E-state index contributed by atoms with van der Waals surface area (Å²) in [5.74, 6) is 0. The highest BCUT2D eigenvalue weighted by Gasteiger charge is 2.07. The Hall–Kier alpha value is -1.39. The molecule has 0 amide bonds. The highest BCUT2D eigenvalue weighted by molar-refractivity contribution is 6.31. The van der Waals surface area contributed by atoms with Crippen LogP contribution in [0.4, 0.5) is 0 Å². The summed E-state index contributed by atoms with van der Waals surface area (Å²) in [7, 11) is 0. The van der Waals surface area contributed by atoms with Crippen LogP contribution in [-0.4, -0.2) is 21.5 Å². The van der Waals surface area contributed by atoms with E-state index >= 15 is 0 Å². The lowest BCUT2D eigenvalue weighted by Crippen LogP contribution is -2.13. The van der Waals surface area contributed by atoms with Crippen molar-refractivity contribution in [1.82, 2.24) is 20.3 Å². The molecular formula is C13H17ClN4. The molecule has 18 heavy (non-hydrogen) atoms. The maximum absolute atomic E-state index is 6.10. The van der Waals surface area contributed by atoms with Gasteiger partial charge in [-0.05, 0) is 37.6 Å². The number of rotatable bonds is 5. The molecule has 1 N–H and O–H groups in total. The number of aromatic nitrogens is 3. The van der Waals surface area contributed by atoms with Gasteiger partial charge in [-0.2, -0.15) is 0 Å². The van der Waals surface area contributed by atoms with Crippen LogP contribution in [0.15, 0.2) is 24.4 Å². The number of nitrogens with one attached hydrogen (secondary N) is 1. The van der Waals surface area contributed by atoms with Crippen molar-refractivity contribution in [2.45, 2.75) is 26.8 Å². The van der Waals surface area contributed by atoms with Gasteiger partial charge in [-0.3, -0.25) is 0 Å². The van der Waals surface area contributed by atoms with Crippen LogP contribution in [0.2, 0.25) is 5.02 Å². The maximum atomic E-state index is 6.10. The zero-order chi connectivity index (χ0) is 13.0. The van der Waals surface area contributed by atoms with Crippen LogP contribution in [0.5, 0.6) is 0 Å². The number of halogens is 1. The minimum atomic E-state index is 0.744. The Labute approximate surface area is 112 Å². The van der Waals surface area contributed by atoms with Crippen molar-refractivity contribution in [3.63, 3.8) is 0 Å². The topological polar surface area (TPSA) is 42.7 Å². The summed E-state index contributed by atoms with van der Waals surface area (Å²) in [5, 5.41) is 12.3. The van der Waals surface area contributed by atoms with E-state index in [9.17, 15) is 0 Å². The fourth-order valence-electron chi connectivity index (χ4n) is 1.73. The van der Waals surface area contributed by atoms with Crippen molar-refractivity contribution in [3.8, 4) is 5.69 Å². The fourth-order valence-corrected chi connectivity index (χ4v) is 1.90. The first-order chi connectivity index (χ1) is 8.72. The Balaban J connectivity index is 2.16. The summed E-state index contributed by atoms with van der Waals surface area (Å²) >= 11 is 6.10.